The molecule has 0 bridgehead atoms. The molecule has 1 aromatic carbocycles. The van der Waals surface area contributed by atoms with Crippen molar-refractivity contribution < 1.29 is 14.5 Å². The van der Waals surface area contributed by atoms with Gasteiger partial charge >= 0.3 is 5.97 Å². The van der Waals surface area contributed by atoms with Gasteiger partial charge in [-0.3, -0.25) is 10.1 Å². The summed E-state index contributed by atoms with van der Waals surface area (Å²) in [5.74, 6) is -0.553. The van der Waals surface area contributed by atoms with Crippen LogP contribution < -0.4 is 5.32 Å². The minimum atomic E-state index is -0.724. The van der Waals surface area contributed by atoms with Gasteiger partial charge in [0.15, 0.2) is 5.11 Å². The second-order valence-electron chi connectivity index (χ2n) is 4.75. The number of benzene rings is 1. The van der Waals surface area contributed by atoms with E-state index >= 15 is 0 Å². The van der Waals surface area contributed by atoms with Crippen molar-refractivity contribution in [3.05, 3.63) is 51.2 Å². The van der Waals surface area contributed by atoms with Crippen molar-refractivity contribution in [2.24, 2.45) is 0 Å². The fourth-order valence-electron chi connectivity index (χ4n) is 2.34. The highest BCUT2D eigenvalue weighted by Crippen LogP contribution is 2.35. The SMILES string of the molecule is COC(=O)C1=C(C)N(C)C(=S)N[C@@H]1c1ccccc1[N+](=O)[O-]. The zero-order valence-corrected chi connectivity index (χ0v) is 13.1. The maximum Gasteiger partial charge on any atom is 0.337 e. The molecule has 0 aromatic heterocycles. The van der Waals surface area contributed by atoms with E-state index in [2.05, 4.69) is 5.32 Å². The van der Waals surface area contributed by atoms with Crippen LogP contribution in [-0.4, -0.2) is 35.1 Å². The van der Waals surface area contributed by atoms with Crippen LogP contribution in [0, 0.1) is 10.1 Å². The molecule has 116 valence electrons. The Bertz CT molecular complexity index is 686. The van der Waals surface area contributed by atoms with E-state index in [1.807, 2.05) is 0 Å². The molecular formula is C14H15N3O4S. The third-order valence-electron chi connectivity index (χ3n) is 3.60. The van der Waals surface area contributed by atoms with Crippen molar-refractivity contribution in [3.8, 4) is 0 Å². The lowest BCUT2D eigenvalue weighted by Crippen LogP contribution is -2.46. The summed E-state index contributed by atoms with van der Waals surface area (Å²) >= 11 is 5.23. The van der Waals surface area contributed by atoms with Crippen LogP contribution in [-0.2, 0) is 9.53 Å². The average Bonchev–Trinajstić information content (AvgIpc) is 2.51. The van der Waals surface area contributed by atoms with Crippen molar-refractivity contribution in [1.82, 2.24) is 10.2 Å². The topological polar surface area (TPSA) is 84.7 Å². The molecule has 1 heterocycles. The number of carbonyl (C=O) groups excluding carboxylic acids is 1. The molecule has 7 nitrogen and oxygen atoms in total. The lowest BCUT2D eigenvalue weighted by atomic mass is 9.94. The van der Waals surface area contributed by atoms with Crippen molar-refractivity contribution in [2.75, 3.05) is 14.2 Å². The van der Waals surface area contributed by atoms with Crippen LogP contribution in [0.3, 0.4) is 0 Å². The highest BCUT2D eigenvalue weighted by molar-refractivity contribution is 7.80. The summed E-state index contributed by atoms with van der Waals surface area (Å²) in [7, 11) is 2.98. The van der Waals surface area contributed by atoms with Crippen LogP contribution in [0.4, 0.5) is 5.69 Å². The Balaban J connectivity index is 2.65. The van der Waals surface area contributed by atoms with Gasteiger partial charge in [0.05, 0.1) is 29.2 Å². The first-order valence-corrected chi connectivity index (χ1v) is 6.86. The number of hydrogen-bond donors (Lipinski definition) is 1. The van der Waals surface area contributed by atoms with Crippen LogP contribution in [0.15, 0.2) is 35.5 Å². The second-order valence-corrected chi connectivity index (χ2v) is 5.13. The van der Waals surface area contributed by atoms with E-state index < -0.39 is 16.9 Å². The van der Waals surface area contributed by atoms with Gasteiger partial charge in [-0.25, -0.2) is 4.79 Å². The highest BCUT2D eigenvalue weighted by Gasteiger charge is 2.36. The first-order valence-electron chi connectivity index (χ1n) is 6.45. The van der Waals surface area contributed by atoms with E-state index in [0.717, 1.165) is 0 Å². The van der Waals surface area contributed by atoms with Crippen molar-refractivity contribution in [1.29, 1.82) is 0 Å². The van der Waals surface area contributed by atoms with Gasteiger partial charge in [0.25, 0.3) is 5.69 Å². The molecule has 0 fully saturated rings. The molecular weight excluding hydrogens is 306 g/mol. The molecule has 0 saturated heterocycles. The Morgan fingerprint density at radius 1 is 1.45 bits per heavy atom. The van der Waals surface area contributed by atoms with E-state index in [1.54, 1.807) is 37.1 Å². The third kappa shape index (κ3) is 2.64. The van der Waals surface area contributed by atoms with E-state index in [-0.39, 0.29) is 5.69 Å². The van der Waals surface area contributed by atoms with Crippen molar-refractivity contribution in [3.63, 3.8) is 0 Å². The van der Waals surface area contributed by atoms with Crippen LogP contribution in [0.25, 0.3) is 0 Å². The zero-order chi connectivity index (χ0) is 16.4. The van der Waals surface area contributed by atoms with Gasteiger partial charge in [0.1, 0.15) is 0 Å². The number of nitrogens with one attached hydrogen (secondary N) is 1. The van der Waals surface area contributed by atoms with Crippen LogP contribution in [0.5, 0.6) is 0 Å². The van der Waals surface area contributed by atoms with E-state index in [1.165, 1.54) is 13.2 Å². The number of nitrogens with zero attached hydrogens (tertiary/aromatic N) is 2. The fraction of sp³-hybridized carbons (Fsp3) is 0.286. The Kier molecular flexibility index (Phi) is 4.41. The molecule has 0 radical (unpaired) electrons. The molecule has 8 heteroatoms. The number of esters is 1. The predicted molar refractivity (Wildman–Crippen MR) is 84.1 cm³/mol. The first kappa shape index (κ1) is 15.9. The number of methoxy groups -OCH3 is 1. The largest absolute Gasteiger partial charge is 0.466 e. The molecule has 0 amide bonds. The van der Waals surface area contributed by atoms with Gasteiger partial charge in [0.2, 0.25) is 0 Å². The minimum absolute atomic E-state index is 0.0819. The Morgan fingerprint density at radius 2 is 2.09 bits per heavy atom. The van der Waals surface area contributed by atoms with Gasteiger partial charge < -0.3 is 15.0 Å². The number of nitro groups is 1. The first-order chi connectivity index (χ1) is 10.4. The normalized spacial score (nSPS) is 18.0. The molecule has 1 aliphatic heterocycles. The summed E-state index contributed by atoms with van der Waals surface area (Å²) in [6.45, 7) is 1.72. The molecule has 22 heavy (non-hydrogen) atoms. The molecule has 0 unspecified atom stereocenters. The summed E-state index contributed by atoms with van der Waals surface area (Å²) in [4.78, 5) is 24.5. The van der Waals surface area contributed by atoms with Gasteiger partial charge in [-0.1, -0.05) is 12.1 Å². The summed E-state index contributed by atoms with van der Waals surface area (Å²) < 4.78 is 4.82. The highest BCUT2D eigenvalue weighted by atomic mass is 32.1. The third-order valence-corrected chi connectivity index (χ3v) is 4.00. The van der Waals surface area contributed by atoms with Gasteiger partial charge in [0, 0.05) is 18.8 Å². The number of carbonyl (C=O) groups is 1. The summed E-state index contributed by atoms with van der Waals surface area (Å²) in [5.41, 5.74) is 1.18. The monoisotopic (exact) mass is 321 g/mol. The molecule has 0 spiro atoms. The average molecular weight is 321 g/mol. The molecule has 1 N–H and O–H groups in total. The number of hydrogen-bond acceptors (Lipinski definition) is 5. The van der Waals surface area contributed by atoms with E-state index in [4.69, 9.17) is 17.0 Å². The smallest absolute Gasteiger partial charge is 0.337 e. The Labute approximate surface area is 132 Å². The summed E-state index contributed by atoms with van der Waals surface area (Å²) in [6.07, 6.45) is 0. The summed E-state index contributed by atoms with van der Waals surface area (Å²) in [5, 5.41) is 14.6. The van der Waals surface area contributed by atoms with Crippen LogP contribution >= 0.6 is 12.2 Å². The number of nitro benzene ring substituents is 1. The van der Waals surface area contributed by atoms with Crippen molar-refractivity contribution >= 4 is 29.0 Å². The lowest BCUT2D eigenvalue weighted by Gasteiger charge is -2.34. The quantitative estimate of drug-likeness (QED) is 0.394. The maximum atomic E-state index is 12.1. The number of rotatable bonds is 3. The molecule has 1 atom stereocenters. The zero-order valence-electron chi connectivity index (χ0n) is 12.3. The lowest BCUT2D eigenvalue weighted by molar-refractivity contribution is -0.385. The number of ether oxygens (including phenoxy) is 1. The van der Waals surface area contributed by atoms with Crippen molar-refractivity contribution in [2.45, 2.75) is 13.0 Å². The van der Waals surface area contributed by atoms with Crippen LogP contribution in [0.2, 0.25) is 0 Å². The standard InChI is InChI=1S/C14H15N3O4S/c1-8-11(13(18)21-3)12(15-14(22)16(8)2)9-6-4-5-7-10(9)17(19)20/h4-7,12H,1-3H3,(H,15,22)/t12-/m1/s1. The number of thiocarbonyl (C=S) groups is 1. The van der Waals surface area contributed by atoms with Crippen LogP contribution in [0.1, 0.15) is 18.5 Å². The molecule has 0 saturated carbocycles. The predicted octanol–water partition coefficient (Wildman–Crippen LogP) is 1.90. The minimum Gasteiger partial charge on any atom is -0.466 e. The molecule has 1 aliphatic rings. The van der Waals surface area contributed by atoms with E-state index in [9.17, 15) is 14.9 Å². The maximum absolute atomic E-state index is 12.1. The van der Waals surface area contributed by atoms with Gasteiger partial charge in [-0.2, -0.15) is 0 Å². The number of allylic oxidation sites excluding steroid dienone is 1. The van der Waals surface area contributed by atoms with Gasteiger partial charge in [-0.15, -0.1) is 0 Å². The Morgan fingerprint density at radius 3 is 2.68 bits per heavy atom. The summed E-state index contributed by atoms with van der Waals surface area (Å²) in [6, 6.07) is 5.51. The molecule has 2 rings (SSSR count). The second kappa shape index (κ2) is 6.10. The molecule has 0 aliphatic carbocycles. The molecule has 1 aromatic rings. The fourth-order valence-corrected chi connectivity index (χ4v) is 2.60. The Hall–Kier alpha value is -2.48. The number of para-hydroxylation sites is 1. The van der Waals surface area contributed by atoms with Gasteiger partial charge in [-0.05, 0) is 25.2 Å². The van der Waals surface area contributed by atoms with E-state index in [0.29, 0.717) is 21.9 Å².